The second kappa shape index (κ2) is 7.36. The van der Waals surface area contributed by atoms with E-state index in [1.165, 1.54) is 17.5 Å². The summed E-state index contributed by atoms with van der Waals surface area (Å²) in [6, 6.07) is 13.6. The van der Waals surface area contributed by atoms with Crippen LogP contribution in [0.5, 0.6) is 5.75 Å². The first-order valence-electron chi connectivity index (χ1n) is 8.85. The highest BCUT2D eigenvalue weighted by atomic mass is 32.1. The lowest BCUT2D eigenvalue weighted by atomic mass is 10.1. The van der Waals surface area contributed by atoms with Crippen molar-refractivity contribution in [3.8, 4) is 17.1 Å². The van der Waals surface area contributed by atoms with Crippen LogP contribution in [0, 0.1) is 4.77 Å². The van der Waals surface area contributed by atoms with Crippen LogP contribution in [-0.2, 0) is 24.2 Å². The molecule has 7 heteroatoms. The number of ether oxygens (including phenoxy) is 1. The molecule has 27 heavy (non-hydrogen) atoms. The summed E-state index contributed by atoms with van der Waals surface area (Å²) in [4.78, 5) is 12.6. The summed E-state index contributed by atoms with van der Waals surface area (Å²) in [5.41, 5.74) is 4.38. The second-order valence-corrected chi connectivity index (χ2v) is 6.94. The maximum absolute atomic E-state index is 12.6. The fourth-order valence-corrected chi connectivity index (χ4v) is 3.62. The molecule has 3 aromatic rings. The van der Waals surface area contributed by atoms with E-state index in [2.05, 4.69) is 27.6 Å². The third-order valence-electron chi connectivity index (χ3n) is 4.79. The van der Waals surface area contributed by atoms with Crippen molar-refractivity contribution in [2.45, 2.75) is 25.8 Å². The molecule has 6 nitrogen and oxygen atoms in total. The Kier molecular flexibility index (Phi) is 4.77. The van der Waals surface area contributed by atoms with E-state index in [0.29, 0.717) is 10.6 Å². The number of benzene rings is 2. The Labute approximate surface area is 162 Å². The van der Waals surface area contributed by atoms with E-state index in [-0.39, 0.29) is 12.5 Å². The van der Waals surface area contributed by atoms with Gasteiger partial charge in [0.2, 0.25) is 5.91 Å². The number of carbonyl (C=O) groups is 1. The number of amides is 1. The first-order valence-corrected chi connectivity index (χ1v) is 9.26. The van der Waals surface area contributed by atoms with Gasteiger partial charge in [0.05, 0.1) is 7.11 Å². The lowest BCUT2D eigenvalue weighted by molar-refractivity contribution is -0.116. The molecule has 1 amide bonds. The van der Waals surface area contributed by atoms with Gasteiger partial charge in [-0.05, 0) is 79.0 Å². The van der Waals surface area contributed by atoms with E-state index >= 15 is 0 Å². The van der Waals surface area contributed by atoms with E-state index in [9.17, 15) is 4.79 Å². The van der Waals surface area contributed by atoms with Crippen LogP contribution in [0.2, 0.25) is 0 Å². The Morgan fingerprint density at radius 3 is 2.78 bits per heavy atom. The molecule has 2 aromatic carbocycles. The minimum atomic E-state index is -0.139. The normalized spacial score (nSPS) is 12.6. The molecule has 0 unspecified atom stereocenters. The summed E-state index contributed by atoms with van der Waals surface area (Å²) in [6.45, 7) is 0.0911. The molecule has 0 atom stereocenters. The SMILES string of the molecule is COc1ccc(-c2n[nH]c(=S)n2CC(=O)Nc2ccc3c(c2)CCC3)cc1. The minimum absolute atomic E-state index is 0.0911. The van der Waals surface area contributed by atoms with Crippen molar-refractivity contribution in [1.29, 1.82) is 0 Å². The zero-order chi connectivity index (χ0) is 18.8. The number of carbonyl (C=O) groups excluding carboxylic acids is 1. The number of H-pyrrole nitrogens is 1. The molecule has 0 aliphatic heterocycles. The number of hydrogen-bond donors (Lipinski definition) is 2. The number of anilines is 1. The maximum Gasteiger partial charge on any atom is 0.244 e. The zero-order valence-corrected chi connectivity index (χ0v) is 15.8. The van der Waals surface area contributed by atoms with Crippen LogP contribution in [-0.4, -0.2) is 27.8 Å². The van der Waals surface area contributed by atoms with Crippen molar-refractivity contribution in [2.24, 2.45) is 0 Å². The number of nitrogens with one attached hydrogen (secondary N) is 2. The smallest absolute Gasteiger partial charge is 0.244 e. The Hall–Kier alpha value is -2.93. The molecule has 4 rings (SSSR count). The van der Waals surface area contributed by atoms with Gasteiger partial charge in [0, 0.05) is 11.3 Å². The van der Waals surface area contributed by atoms with Gasteiger partial charge in [-0.3, -0.25) is 14.5 Å². The topological polar surface area (TPSA) is 71.9 Å². The summed E-state index contributed by atoms with van der Waals surface area (Å²) >= 11 is 5.31. The van der Waals surface area contributed by atoms with Gasteiger partial charge < -0.3 is 10.1 Å². The first kappa shape index (κ1) is 17.5. The molecule has 0 bridgehead atoms. The molecule has 0 saturated carbocycles. The van der Waals surface area contributed by atoms with Crippen LogP contribution in [0.3, 0.4) is 0 Å². The Morgan fingerprint density at radius 1 is 1.22 bits per heavy atom. The molecule has 0 radical (unpaired) electrons. The molecule has 1 aliphatic rings. The first-order chi connectivity index (χ1) is 13.1. The number of fused-ring (bicyclic) bond motifs is 1. The molecule has 0 saturated heterocycles. The lowest BCUT2D eigenvalue weighted by Crippen LogP contribution is -2.19. The van der Waals surface area contributed by atoms with Crippen molar-refractivity contribution in [2.75, 3.05) is 12.4 Å². The van der Waals surface area contributed by atoms with Gasteiger partial charge >= 0.3 is 0 Å². The fourth-order valence-electron chi connectivity index (χ4n) is 3.42. The number of rotatable bonds is 5. The quantitative estimate of drug-likeness (QED) is 0.662. The van der Waals surface area contributed by atoms with Crippen molar-refractivity contribution >= 4 is 23.8 Å². The highest BCUT2D eigenvalue weighted by Crippen LogP contribution is 2.25. The average molecular weight is 380 g/mol. The third kappa shape index (κ3) is 3.64. The Morgan fingerprint density at radius 2 is 2.00 bits per heavy atom. The van der Waals surface area contributed by atoms with E-state index < -0.39 is 0 Å². The second-order valence-electron chi connectivity index (χ2n) is 6.55. The van der Waals surface area contributed by atoms with Crippen molar-refractivity contribution in [3.63, 3.8) is 0 Å². The van der Waals surface area contributed by atoms with E-state index in [4.69, 9.17) is 17.0 Å². The predicted octanol–water partition coefficient (Wildman–Crippen LogP) is 3.74. The molecule has 0 spiro atoms. The zero-order valence-electron chi connectivity index (χ0n) is 15.0. The van der Waals surface area contributed by atoms with E-state index in [1.54, 1.807) is 11.7 Å². The number of methoxy groups -OCH3 is 1. The molecule has 138 valence electrons. The summed E-state index contributed by atoms with van der Waals surface area (Å²) in [6.07, 6.45) is 3.38. The maximum atomic E-state index is 12.6. The standard InChI is InChI=1S/C20H20N4O2S/c1-26-17-9-6-14(7-10-17)19-22-23-20(27)24(19)12-18(25)21-16-8-5-13-3-2-4-15(13)11-16/h5-11H,2-4,12H2,1H3,(H,21,25)(H,23,27). The molecule has 2 N–H and O–H groups in total. The molecule has 1 aliphatic carbocycles. The molecule has 1 heterocycles. The lowest BCUT2D eigenvalue weighted by Gasteiger charge is -2.10. The van der Waals surface area contributed by atoms with Crippen LogP contribution in [0.1, 0.15) is 17.5 Å². The van der Waals surface area contributed by atoms with Gasteiger partial charge in [0.25, 0.3) is 0 Å². The highest BCUT2D eigenvalue weighted by molar-refractivity contribution is 7.71. The third-order valence-corrected chi connectivity index (χ3v) is 5.10. The van der Waals surface area contributed by atoms with E-state index in [1.807, 2.05) is 30.3 Å². The fraction of sp³-hybridized carbons (Fsp3) is 0.250. The number of aromatic amines is 1. The van der Waals surface area contributed by atoms with Crippen molar-refractivity contribution in [3.05, 3.63) is 58.4 Å². The largest absolute Gasteiger partial charge is 0.497 e. The summed E-state index contributed by atoms with van der Waals surface area (Å²) in [5, 5.41) is 10.0. The highest BCUT2D eigenvalue weighted by Gasteiger charge is 2.15. The van der Waals surface area contributed by atoms with Gasteiger partial charge in [0.15, 0.2) is 10.6 Å². The predicted molar refractivity (Wildman–Crippen MR) is 106 cm³/mol. The number of aryl methyl sites for hydroxylation is 2. The van der Waals surface area contributed by atoms with Crippen LogP contribution in [0.4, 0.5) is 5.69 Å². The van der Waals surface area contributed by atoms with Crippen LogP contribution in [0.25, 0.3) is 11.4 Å². The Balaban J connectivity index is 1.53. The van der Waals surface area contributed by atoms with Crippen molar-refractivity contribution < 1.29 is 9.53 Å². The molecular formula is C20H20N4O2S. The summed E-state index contributed by atoms with van der Waals surface area (Å²) in [5.74, 6) is 1.24. The molecule has 0 fully saturated rings. The average Bonchev–Trinajstić information content (AvgIpc) is 3.28. The van der Waals surface area contributed by atoms with Crippen LogP contribution in [0.15, 0.2) is 42.5 Å². The minimum Gasteiger partial charge on any atom is -0.497 e. The van der Waals surface area contributed by atoms with Gasteiger partial charge in [0.1, 0.15) is 12.3 Å². The van der Waals surface area contributed by atoms with Gasteiger partial charge in [-0.2, -0.15) is 5.10 Å². The number of aromatic nitrogens is 3. The van der Waals surface area contributed by atoms with Gasteiger partial charge in [-0.1, -0.05) is 6.07 Å². The van der Waals surface area contributed by atoms with Crippen molar-refractivity contribution in [1.82, 2.24) is 14.8 Å². The Bertz CT molecular complexity index is 1040. The summed E-state index contributed by atoms with van der Waals surface area (Å²) < 4.78 is 7.29. The molecule has 1 aromatic heterocycles. The summed E-state index contributed by atoms with van der Waals surface area (Å²) in [7, 11) is 1.62. The molecular weight excluding hydrogens is 360 g/mol. The van der Waals surface area contributed by atoms with Crippen LogP contribution < -0.4 is 10.1 Å². The van der Waals surface area contributed by atoms with Gasteiger partial charge in [-0.25, -0.2) is 0 Å². The number of nitrogens with zero attached hydrogens (tertiary/aromatic N) is 2. The monoisotopic (exact) mass is 380 g/mol. The van der Waals surface area contributed by atoms with Gasteiger partial charge in [-0.15, -0.1) is 0 Å². The van der Waals surface area contributed by atoms with Crippen LogP contribution >= 0.6 is 12.2 Å². The number of hydrogen-bond acceptors (Lipinski definition) is 4. The van der Waals surface area contributed by atoms with E-state index in [0.717, 1.165) is 29.8 Å².